The maximum absolute atomic E-state index is 12.0. The Morgan fingerprint density at radius 3 is 2.83 bits per heavy atom. The smallest absolute Gasteiger partial charge is 0.249 e. The van der Waals surface area contributed by atoms with E-state index in [9.17, 15) is 9.90 Å². The monoisotopic (exact) mass is 329 g/mol. The number of hydrogen-bond donors (Lipinski definition) is 2. The number of carbonyl (C=O) groups is 1. The van der Waals surface area contributed by atoms with Gasteiger partial charge >= 0.3 is 0 Å². The number of hydrogen-bond acceptors (Lipinski definition) is 5. The fraction of sp³-hybridized carbons (Fsp3) is 0.588. The van der Waals surface area contributed by atoms with Crippen LogP contribution in [0.4, 0.5) is 0 Å². The van der Waals surface area contributed by atoms with Crippen molar-refractivity contribution in [3.63, 3.8) is 0 Å². The third-order valence-electron chi connectivity index (χ3n) is 5.05. The number of carbonyl (C=O) groups excluding carboxylic acids is 1. The lowest BCUT2D eigenvalue weighted by Crippen LogP contribution is -2.45. The highest BCUT2D eigenvalue weighted by Crippen LogP contribution is 2.24. The molecule has 0 unspecified atom stereocenters. The molecule has 7 nitrogen and oxygen atoms in total. The van der Waals surface area contributed by atoms with Crippen LogP contribution in [0.3, 0.4) is 0 Å². The Balaban J connectivity index is 1.31. The molecule has 24 heavy (non-hydrogen) atoms. The maximum Gasteiger partial charge on any atom is 0.249 e. The van der Waals surface area contributed by atoms with Gasteiger partial charge < -0.3 is 10.4 Å². The number of rotatable bonds is 5. The topological polar surface area (TPSA) is 82.8 Å². The lowest BCUT2D eigenvalue weighted by Gasteiger charge is -2.33. The van der Waals surface area contributed by atoms with E-state index < -0.39 is 6.10 Å². The number of piperidine rings is 1. The van der Waals surface area contributed by atoms with Crippen molar-refractivity contribution in [3.8, 4) is 0 Å². The molecule has 0 aromatic carbocycles. The van der Waals surface area contributed by atoms with Gasteiger partial charge in [0.05, 0.1) is 18.1 Å². The number of fused-ring (bicyclic) bond motifs is 1. The third kappa shape index (κ3) is 3.27. The molecule has 0 bridgehead atoms. The standard InChI is InChI=1S/C17H23N5O2/c23-16(17(24)20-13-1-2-13)12-3-6-21(7-4-12)11-14-9-19-15-10-18-5-8-22(14)15/h5,8-10,12-13,16,23H,1-4,6-7,11H2,(H,20,24)/t16-/m1/s1. The van der Waals surface area contributed by atoms with E-state index in [1.807, 2.05) is 12.4 Å². The first kappa shape index (κ1) is 15.5. The average molecular weight is 329 g/mol. The first-order valence-corrected chi connectivity index (χ1v) is 8.67. The van der Waals surface area contributed by atoms with Gasteiger partial charge in [-0.05, 0) is 44.7 Å². The largest absolute Gasteiger partial charge is 0.383 e. The fourth-order valence-corrected chi connectivity index (χ4v) is 3.40. The molecule has 1 aliphatic carbocycles. The summed E-state index contributed by atoms with van der Waals surface area (Å²) in [6.45, 7) is 2.59. The van der Waals surface area contributed by atoms with Gasteiger partial charge in [-0.3, -0.25) is 19.1 Å². The first-order chi connectivity index (χ1) is 11.7. The quantitative estimate of drug-likeness (QED) is 0.838. The zero-order valence-electron chi connectivity index (χ0n) is 13.6. The van der Waals surface area contributed by atoms with Crippen molar-refractivity contribution in [3.05, 3.63) is 30.5 Å². The van der Waals surface area contributed by atoms with E-state index in [0.717, 1.165) is 56.7 Å². The van der Waals surface area contributed by atoms with Gasteiger partial charge in [0.2, 0.25) is 5.91 Å². The Bertz CT molecular complexity index is 719. The van der Waals surface area contributed by atoms with E-state index in [1.165, 1.54) is 0 Å². The summed E-state index contributed by atoms with van der Waals surface area (Å²) in [5, 5.41) is 13.2. The summed E-state index contributed by atoms with van der Waals surface area (Å²) in [5.74, 6) is -0.128. The molecule has 4 rings (SSSR count). The number of nitrogens with zero attached hydrogens (tertiary/aromatic N) is 4. The Hall–Kier alpha value is -1.99. The van der Waals surface area contributed by atoms with E-state index in [1.54, 1.807) is 12.4 Å². The molecule has 128 valence electrons. The minimum absolute atomic E-state index is 0.0615. The second kappa shape index (κ2) is 6.49. The molecular formula is C17H23N5O2. The van der Waals surface area contributed by atoms with E-state index in [0.29, 0.717) is 6.04 Å². The molecular weight excluding hydrogens is 306 g/mol. The van der Waals surface area contributed by atoms with Crippen molar-refractivity contribution >= 4 is 11.6 Å². The number of aliphatic hydroxyl groups excluding tert-OH is 1. The highest BCUT2D eigenvalue weighted by atomic mass is 16.3. The molecule has 1 amide bonds. The van der Waals surface area contributed by atoms with Crippen LogP contribution in [0.1, 0.15) is 31.4 Å². The second-order valence-corrected chi connectivity index (χ2v) is 6.90. The van der Waals surface area contributed by atoms with Gasteiger partial charge in [-0.2, -0.15) is 0 Å². The van der Waals surface area contributed by atoms with E-state index in [4.69, 9.17) is 0 Å². The molecule has 7 heteroatoms. The van der Waals surface area contributed by atoms with Crippen LogP contribution >= 0.6 is 0 Å². The summed E-state index contributed by atoms with van der Waals surface area (Å²) in [5.41, 5.74) is 1.99. The maximum atomic E-state index is 12.0. The van der Waals surface area contributed by atoms with Crippen LogP contribution in [0.15, 0.2) is 24.8 Å². The molecule has 0 spiro atoms. The number of aliphatic hydroxyl groups is 1. The van der Waals surface area contributed by atoms with Crippen molar-refractivity contribution in [2.75, 3.05) is 13.1 Å². The van der Waals surface area contributed by atoms with Gasteiger partial charge in [0, 0.05) is 25.0 Å². The van der Waals surface area contributed by atoms with Crippen LogP contribution < -0.4 is 5.32 Å². The zero-order chi connectivity index (χ0) is 16.5. The summed E-state index contributed by atoms with van der Waals surface area (Å²) < 4.78 is 2.05. The van der Waals surface area contributed by atoms with Crippen LogP contribution in [0.2, 0.25) is 0 Å². The van der Waals surface area contributed by atoms with Gasteiger partial charge in [-0.1, -0.05) is 0 Å². The predicted octanol–water partition coefficient (Wildman–Crippen LogP) is 0.581. The minimum atomic E-state index is -0.866. The van der Waals surface area contributed by atoms with Crippen molar-refractivity contribution in [2.45, 2.75) is 44.4 Å². The number of likely N-dealkylation sites (tertiary alicyclic amines) is 1. The van der Waals surface area contributed by atoms with Crippen LogP contribution in [-0.2, 0) is 11.3 Å². The number of amides is 1. The summed E-state index contributed by atoms with van der Waals surface area (Å²) in [7, 11) is 0. The molecule has 2 aliphatic rings. The molecule has 0 radical (unpaired) electrons. The van der Waals surface area contributed by atoms with E-state index >= 15 is 0 Å². The van der Waals surface area contributed by atoms with Crippen molar-refractivity contribution in [1.82, 2.24) is 24.6 Å². The molecule has 2 N–H and O–H groups in total. The third-order valence-corrected chi connectivity index (χ3v) is 5.05. The summed E-state index contributed by atoms with van der Waals surface area (Å²) in [6.07, 6.45) is 10.3. The molecule has 2 fully saturated rings. The van der Waals surface area contributed by atoms with Crippen LogP contribution in [-0.4, -0.2) is 55.5 Å². The van der Waals surface area contributed by atoms with Gasteiger partial charge in [0.15, 0.2) is 5.65 Å². The Morgan fingerprint density at radius 2 is 2.08 bits per heavy atom. The van der Waals surface area contributed by atoms with E-state index in [-0.39, 0.29) is 11.8 Å². The van der Waals surface area contributed by atoms with Gasteiger partial charge in [-0.25, -0.2) is 4.98 Å². The summed E-state index contributed by atoms with van der Waals surface area (Å²) in [6, 6.07) is 0.303. The zero-order valence-corrected chi connectivity index (χ0v) is 13.6. The SMILES string of the molecule is O=C(NC1CC1)[C@H](O)C1CCN(Cc2cnc3cnccn23)CC1. The van der Waals surface area contributed by atoms with Crippen LogP contribution in [0, 0.1) is 5.92 Å². The highest BCUT2D eigenvalue weighted by molar-refractivity contribution is 5.81. The molecule has 2 aromatic heterocycles. The van der Waals surface area contributed by atoms with Crippen molar-refractivity contribution in [2.24, 2.45) is 5.92 Å². The van der Waals surface area contributed by atoms with Crippen LogP contribution in [0.5, 0.6) is 0 Å². The first-order valence-electron chi connectivity index (χ1n) is 8.67. The molecule has 3 heterocycles. The summed E-state index contributed by atoms with van der Waals surface area (Å²) in [4.78, 5) is 22.8. The van der Waals surface area contributed by atoms with Crippen molar-refractivity contribution < 1.29 is 9.90 Å². The van der Waals surface area contributed by atoms with Gasteiger partial charge in [-0.15, -0.1) is 0 Å². The van der Waals surface area contributed by atoms with E-state index in [2.05, 4.69) is 24.6 Å². The lowest BCUT2D eigenvalue weighted by atomic mass is 9.90. The molecule has 1 saturated carbocycles. The lowest BCUT2D eigenvalue weighted by molar-refractivity contribution is -0.133. The van der Waals surface area contributed by atoms with Crippen LogP contribution in [0.25, 0.3) is 5.65 Å². The fourth-order valence-electron chi connectivity index (χ4n) is 3.40. The van der Waals surface area contributed by atoms with Crippen molar-refractivity contribution in [1.29, 1.82) is 0 Å². The average Bonchev–Trinajstić information content (AvgIpc) is 3.34. The normalized spacial score (nSPS) is 21.0. The number of nitrogens with one attached hydrogen (secondary N) is 1. The Kier molecular flexibility index (Phi) is 4.20. The minimum Gasteiger partial charge on any atom is -0.383 e. The number of imidazole rings is 1. The van der Waals surface area contributed by atoms with Gasteiger partial charge in [0.25, 0.3) is 0 Å². The molecule has 1 aliphatic heterocycles. The molecule has 2 aromatic rings. The summed E-state index contributed by atoms with van der Waals surface area (Å²) >= 11 is 0. The van der Waals surface area contributed by atoms with Gasteiger partial charge in [0.1, 0.15) is 6.10 Å². The Labute approximate surface area is 140 Å². The Morgan fingerprint density at radius 1 is 1.29 bits per heavy atom. The second-order valence-electron chi connectivity index (χ2n) is 6.90. The highest BCUT2D eigenvalue weighted by Gasteiger charge is 2.33. The number of aromatic nitrogens is 3. The predicted molar refractivity (Wildman–Crippen MR) is 88.2 cm³/mol. The molecule has 1 atom stereocenters. The molecule has 1 saturated heterocycles.